The Balaban J connectivity index is 2.76. The van der Waals surface area contributed by atoms with Crippen molar-refractivity contribution in [1.29, 1.82) is 0 Å². The predicted molar refractivity (Wildman–Crippen MR) is 70.7 cm³/mol. The maximum Gasteiger partial charge on any atom is 0.237 e. The molecule has 2 atom stereocenters. The third-order valence-electron chi connectivity index (χ3n) is 3.03. The van der Waals surface area contributed by atoms with Gasteiger partial charge in [-0.2, -0.15) is 0 Å². The van der Waals surface area contributed by atoms with Crippen LogP contribution in [0.25, 0.3) is 0 Å². The normalized spacial score (nSPS) is 14.2. The summed E-state index contributed by atoms with van der Waals surface area (Å²) in [5.74, 6) is -0.0834. The molecular weight excluding hydrogens is 212 g/mol. The highest BCUT2D eigenvalue weighted by atomic mass is 16.2. The lowest BCUT2D eigenvalue weighted by Gasteiger charge is -2.19. The number of carbonyl (C=O) groups is 1. The fourth-order valence-corrected chi connectivity index (χ4v) is 1.90. The van der Waals surface area contributed by atoms with Crippen LogP contribution in [0.15, 0.2) is 18.2 Å². The topological polar surface area (TPSA) is 55.1 Å². The minimum Gasteiger partial charge on any atom is -0.348 e. The molecule has 0 aliphatic heterocycles. The van der Waals surface area contributed by atoms with Crippen molar-refractivity contribution in [2.24, 2.45) is 5.73 Å². The first-order valence-electron chi connectivity index (χ1n) is 6.08. The van der Waals surface area contributed by atoms with Crippen LogP contribution in [0, 0.1) is 13.8 Å². The Kier molecular flexibility index (Phi) is 4.70. The molecule has 0 heterocycles. The Morgan fingerprint density at radius 3 is 2.59 bits per heavy atom. The molecule has 0 aliphatic carbocycles. The van der Waals surface area contributed by atoms with E-state index in [1.165, 1.54) is 11.1 Å². The Morgan fingerprint density at radius 2 is 2.06 bits per heavy atom. The van der Waals surface area contributed by atoms with Gasteiger partial charge in [-0.1, -0.05) is 30.7 Å². The Hall–Kier alpha value is -1.35. The summed E-state index contributed by atoms with van der Waals surface area (Å²) in [6, 6.07) is 5.83. The Labute approximate surface area is 103 Å². The zero-order chi connectivity index (χ0) is 13.0. The second kappa shape index (κ2) is 5.82. The van der Waals surface area contributed by atoms with Crippen LogP contribution in [0.2, 0.25) is 0 Å². The first-order valence-corrected chi connectivity index (χ1v) is 6.08. The van der Waals surface area contributed by atoms with Gasteiger partial charge >= 0.3 is 0 Å². The molecule has 1 rings (SSSR count). The molecule has 1 aromatic carbocycles. The molecule has 0 aromatic heterocycles. The zero-order valence-electron chi connectivity index (χ0n) is 11.1. The minimum atomic E-state index is -0.414. The summed E-state index contributed by atoms with van der Waals surface area (Å²) in [6.45, 7) is 8.02. The summed E-state index contributed by atoms with van der Waals surface area (Å²) < 4.78 is 0. The van der Waals surface area contributed by atoms with Crippen molar-refractivity contribution < 1.29 is 4.79 Å². The van der Waals surface area contributed by atoms with Crippen LogP contribution < -0.4 is 11.1 Å². The van der Waals surface area contributed by atoms with Gasteiger partial charge in [0.1, 0.15) is 0 Å². The molecule has 1 amide bonds. The van der Waals surface area contributed by atoms with Crippen LogP contribution >= 0.6 is 0 Å². The second-order valence-electron chi connectivity index (χ2n) is 4.61. The summed E-state index contributed by atoms with van der Waals surface area (Å²) in [4.78, 5) is 11.7. The van der Waals surface area contributed by atoms with Crippen LogP contribution in [0.1, 0.15) is 43.0 Å². The van der Waals surface area contributed by atoms with Gasteiger partial charge in [-0.15, -0.1) is 0 Å². The molecular formula is C14H22N2O. The fourth-order valence-electron chi connectivity index (χ4n) is 1.90. The smallest absolute Gasteiger partial charge is 0.237 e. The number of carbonyl (C=O) groups excluding carboxylic acids is 1. The van der Waals surface area contributed by atoms with Gasteiger partial charge in [0.15, 0.2) is 0 Å². The number of benzene rings is 1. The molecule has 17 heavy (non-hydrogen) atoms. The number of hydrogen-bond donors (Lipinski definition) is 2. The highest BCUT2D eigenvalue weighted by Gasteiger charge is 2.15. The quantitative estimate of drug-likeness (QED) is 0.839. The maximum atomic E-state index is 11.7. The predicted octanol–water partition coefficient (Wildman–Crippen LogP) is 2.22. The number of nitrogens with one attached hydrogen (secondary N) is 1. The molecule has 0 fully saturated rings. The number of aryl methyl sites for hydroxylation is 2. The van der Waals surface area contributed by atoms with Gasteiger partial charge in [-0.3, -0.25) is 4.79 Å². The van der Waals surface area contributed by atoms with Crippen molar-refractivity contribution in [3.8, 4) is 0 Å². The summed E-state index contributed by atoms with van der Waals surface area (Å²) in [5.41, 5.74) is 9.27. The molecule has 94 valence electrons. The molecule has 0 saturated heterocycles. The molecule has 3 heteroatoms. The summed E-state index contributed by atoms with van der Waals surface area (Å²) in [6.07, 6.45) is 0.658. The molecule has 0 spiro atoms. The van der Waals surface area contributed by atoms with E-state index in [4.69, 9.17) is 5.73 Å². The Morgan fingerprint density at radius 1 is 1.41 bits per heavy atom. The largest absolute Gasteiger partial charge is 0.348 e. The van der Waals surface area contributed by atoms with Crippen LogP contribution in [0.4, 0.5) is 0 Å². The minimum absolute atomic E-state index is 0.000648. The third kappa shape index (κ3) is 3.56. The average Bonchev–Trinajstić information content (AvgIpc) is 2.27. The van der Waals surface area contributed by atoms with Gasteiger partial charge in [0, 0.05) is 0 Å². The van der Waals surface area contributed by atoms with E-state index in [0.717, 1.165) is 5.56 Å². The molecule has 1 aromatic rings. The van der Waals surface area contributed by atoms with E-state index in [-0.39, 0.29) is 11.9 Å². The number of rotatable bonds is 4. The lowest BCUT2D eigenvalue weighted by Crippen LogP contribution is -2.41. The molecule has 3 nitrogen and oxygen atoms in total. The van der Waals surface area contributed by atoms with E-state index >= 15 is 0 Å². The number of hydrogen-bond acceptors (Lipinski definition) is 2. The van der Waals surface area contributed by atoms with E-state index in [1.807, 2.05) is 13.8 Å². The van der Waals surface area contributed by atoms with Crippen molar-refractivity contribution in [2.75, 3.05) is 0 Å². The van der Waals surface area contributed by atoms with Crippen molar-refractivity contribution in [3.63, 3.8) is 0 Å². The zero-order valence-corrected chi connectivity index (χ0v) is 11.1. The SMILES string of the molecule is CCC(N)C(=O)NC(C)c1ccc(C)cc1C. The molecule has 0 aliphatic rings. The highest BCUT2D eigenvalue weighted by molar-refractivity contribution is 5.81. The second-order valence-corrected chi connectivity index (χ2v) is 4.61. The van der Waals surface area contributed by atoms with Crippen LogP contribution in [0.5, 0.6) is 0 Å². The van der Waals surface area contributed by atoms with Crippen LogP contribution in [-0.4, -0.2) is 11.9 Å². The third-order valence-corrected chi connectivity index (χ3v) is 3.03. The number of nitrogens with two attached hydrogens (primary N) is 1. The van der Waals surface area contributed by atoms with E-state index in [0.29, 0.717) is 6.42 Å². The molecule has 0 radical (unpaired) electrons. The molecule has 3 N–H and O–H groups in total. The standard InChI is InChI=1S/C14H22N2O/c1-5-13(15)14(17)16-11(4)12-7-6-9(2)8-10(12)3/h6-8,11,13H,5,15H2,1-4H3,(H,16,17). The van der Waals surface area contributed by atoms with Crippen LogP contribution in [0.3, 0.4) is 0 Å². The van der Waals surface area contributed by atoms with Crippen molar-refractivity contribution in [2.45, 2.75) is 46.2 Å². The molecule has 2 unspecified atom stereocenters. The lowest BCUT2D eigenvalue weighted by molar-refractivity contribution is -0.123. The monoisotopic (exact) mass is 234 g/mol. The molecule has 0 saturated carbocycles. The van der Waals surface area contributed by atoms with Crippen molar-refractivity contribution in [1.82, 2.24) is 5.32 Å². The first-order chi connectivity index (χ1) is 7.95. The highest BCUT2D eigenvalue weighted by Crippen LogP contribution is 2.18. The lowest BCUT2D eigenvalue weighted by atomic mass is 10.00. The Bertz CT molecular complexity index is 401. The molecule has 0 bridgehead atoms. The number of amides is 1. The van der Waals surface area contributed by atoms with Crippen molar-refractivity contribution >= 4 is 5.91 Å². The maximum absolute atomic E-state index is 11.7. The summed E-state index contributed by atoms with van der Waals surface area (Å²) in [5, 5.41) is 2.94. The van der Waals surface area contributed by atoms with E-state index in [2.05, 4.69) is 37.4 Å². The van der Waals surface area contributed by atoms with E-state index in [9.17, 15) is 4.79 Å². The first kappa shape index (κ1) is 13.7. The van der Waals surface area contributed by atoms with Gasteiger partial charge in [0.05, 0.1) is 12.1 Å². The van der Waals surface area contributed by atoms with Gasteiger partial charge in [0.25, 0.3) is 0 Å². The average molecular weight is 234 g/mol. The summed E-state index contributed by atoms with van der Waals surface area (Å²) >= 11 is 0. The van der Waals surface area contributed by atoms with E-state index < -0.39 is 6.04 Å². The summed E-state index contributed by atoms with van der Waals surface area (Å²) in [7, 11) is 0. The van der Waals surface area contributed by atoms with Gasteiger partial charge in [0.2, 0.25) is 5.91 Å². The van der Waals surface area contributed by atoms with Gasteiger partial charge in [-0.05, 0) is 38.3 Å². The van der Waals surface area contributed by atoms with Gasteiger partial charge in [-0.25, -0.2) is 0 Å². The fraction of sp³-hybridized carbons (Fsp3) is 0.500. The van der Waals surface area contributed by atoms with Crippen LogP contribution in [-0.2, 0) is 4.79 Å². The van der Waals surface area contributed by atoms with Gasteiger partial charge < -0.3 is 11.1 Å². The van der Waals surface area contributed by atoms with Crippen molar-refractivity contribution in [3.05, 3.63) is 34.9 Å². The van der Waals surface area contributed by atoms with E-state index in [1.54, 1.807) is 0 Å².